The lowest BCUT2D eigenvalue weighted by Crippen LogP contribution is -2.46. The molecule has 0 radical (unpaired) electrons. The van der Waals surface area contributed by atoms with E-state index in [0.717, 1.165) is 57.3 Å². The van der Waals surface area contributed by atoms with Crippen LogP contribution in [0.2, 0.25) is 0 Å². The van der Waals surface area contributed by atoms with Crippen molar-refractivity contribution in [2.45, 2.75) is 44.6 Å². The molecule has 5 heteroatoms. The summed E-state index contributed by atoms with van der Waals surface area (Å²) >= 11 is 0. The van der Waals surface area contributed by atoms with Gasteiger partial charge >= 0.3 is 0 Å². The number of nitrogens with two attached hydrogens (primary N) is 1. The van der Waals surface area contributed by atoms with Crippen LogP contribution in [-0.4, -0.2) is 53.8 Å². The van der Waals surface area contributed by atoms with Gasteiger partial charge in [0.15, 0.2) is 0 Å². The minimum absolute atomic E-state index is 0.0561. The molecule has 2 aliphatic heterocycles. The summed E-state index contributed by atoms with van der Waals surface area (Å²) in [4.78, 5) is 29.3. The van der Waals surface area contributed by atoms with Crippen molar-refractivity contribution in [3.63, 3.8) is 0 Å². The maximum atomic E-state index is 12.7. The van der Waals surface area contributed by atoms with Gasteiger partial charge in [-0.05, 0) is 37.7 Å². The zero-order valence-corrected chi connectivity index (χ0v) is 16.6. The maximum absolute atomic E-state index is 12.7. The number of hydrogen-bond donors (Lipinski definition) is 1. The van der Waals surface area contributed by atoms with Crippen molar-refractivity contribution in [3.05, 3.63) is 42.0 Å². The lowest BCUT2D eigenvalue weighted by molar-refractivity contribution is -0.137. The Morgan fingerprint density at radius 3 is 2.61 bits per heavy atom. The average molecular weight is 382 g/mol. The largest absolute Gasteiger partial charge is 0.342 e. The van der Waals surface area contributed by atoms with Gasteiger partial charge in [-0.15, -0.1) is 0 Å². The third kappa shape index (κ3) is 4.14. The van der Waals surface area contributed by atoms with Crippen molar-refractivity contribution in [2.75, 3.05) is 26.2 Å². The Morgan fingerprint density at radius 2 is 1.93 bits per heavy atom. The van der Waals surface area contributed by atoms with E-state index in [1.807, 2.05) is 28.0 Å². The second kappa shape index (κ2) is 8.08. The molecule has 2 saturated heterocycles. The van der Waals surface area contributed by atoms with Gasteiger partial charge in [-0.2, -0.15) is 0 Å². The normalized spacial score (nSPS) is 27.2. The number of hydrogen-bond acceptors (Lipinski definition) is 3. The molecule has 2 N–H and O–H groups in total. The number of benzene rings is 1. The van der Waals surface area contributed by atoms with Crippen LogP contribution in [0.4, 0.5) is 0 Å². The molecule has 1 saturated carbocycles. The highest BCUT2D eigenvalue weighted by Crippen LogP contribution is 2.41. The first kappa shape index (κ1) is 19.2. The monoisotopic (exact) mass is 381 g/mol. The predicted octanol–water partition coefficient (Wildman–Crippen LogP) is 2.67. The Bertz CT molecular complexity index is 737. The first-order chi connectivity index (χ1) is 13.5. The Balaban J connectivity index is 1.29. The van der Waals surface area contributed by atoms with E-state index in [1.54, 1.807) is 0 Å². The molecule has 0 aromatic heterocycles. The van der Waals surface area contributed by atoms with Gasteiger partial charge in [-0.1, -0.05) is 42.5 Å². The first-order valence-corrected chi connectivity index (χ1v) is 10.6. The highest BCUT2D eigenvalue weighted by molar-refractivity contribution is 5.81. The molecule has 28 heavy (non-hydrogen) atoms. The predicted molar refractivity (Wildman–Crippen MR) is 110 cm³/mol. The number of carbonyl (C=O) groups is 2. The standard InChI is InChI=1S/C23H31N3O2/c24-20-9-8-19(15-20)22(28)25-13-10-23(11-14-25)16-21(27)26(17-23)12-4-7-18-5-2-1-3-6-18/h1-7,19-20H,8-17,24H2/b7-4+/t19-,20+/m0/s1. The van der Waals surface area contributed by atoms with E-state index in [4.69, 9.17) is 5.73 Å². The molecule has 3 aliphatic rings. The summed E-state index contributed by atoms with van der Waals surface area (Å²) in [5.74, 6) is 0.655. The fourth-order valence-electron chi connectivity index (χ4n) is 5.06. The third-order valence-electron chi connectivity index (χ3n) is 6.80. The molecule has 150 valence electrons. The molecule has 2 amide bonds. The Kier molecular flexibility index (Phi) is 5.54. The van der Waals surface area contributed by atoms with E-state index in [2.05, 4.69) is 24.3 Å². The van der Waals surface area contributed by atoms with Crippen molar-refractivity contribution in [3.8, 4) is 0 Å². The van der Waals surface area contributed by atoms with E-state index in [9.17, 15) is 9.59 Å². The Morgan fingerprint density at radius 1 is 1.18 bits per heavy atom. The summed E-state index contributed by atoms with van der Waals surface area (Å²) in [7, 11) is 0. The molecular weight excluding hydrogens is 350 g/mol. The fourth-order valence-corrected chi connectivity index (χ4v) is 5.06. The molecule has 0 unspecified atom stereocenters. The van der Waals surface area contributed by atoms with E-state index in [0.29, 0.717) is 13.0 Å². The first-order valence-electron chi connectivity index (χ1n) is 10.6. The van der Waals surface area contributed by atoms with Gasteiger partial charge in [-0.3, -0.25) is 9.59 Å². The molecule has 1 aliphatic carbocycles. The summed E-state index contributed by atoms with van der Waals surface area (Å²) in [6.07, 6.45) is 9.38. The van der Waals surface area contributed by atoms with E-state index < -0.39 is 0 Å². The molecular formula is C23H31N3O2. The van der Waals surface area contributed by atoms with Crippen LogP contribution in [0.15, 0.2) is 36.4 Å². The van der Waals surface area contributed by atoms with Crippen molar-refractivity contribution in [2.24, 2.45) is 17.1 Å². The molecule has 2 atom stereocenters. The highest BCUT2D eigenvalue weighted by Gasteiger charge is 2.45. The molecule has 4 rings (SSSR count). The number of amides is 2. The van der Waals surface area contributed by atoms with Gasteiger partial charge in [0, 0.05) is 50.0 Å². The molecule has 1 aromatic carbocycles. The molecule has 0 bridgehead atoms. The summed E-state index contributed by atoms with van der Waals surface area (Å²) < 4.78 is 0. The quantitative estimate of drug-likeness (QED) is 0.872. The van der Waals surface area contributed by atoms with Crippen LogP contribution >= 0.6 is 0 Å². The summed E-state index contributed by atoms with van der Waals surface area (Å²) in [6.45, 7) is 3.05. The number of piperidine rings is 1. The van der Waals surface area contributed by atoms with E-state index in [-0.39, 0.29) is 29.2 Å². The van der Waals surface area contributed by atoms with Gasteiger partial charge in [-0.25, -0.2) is 0 Å². The molecule has 1 aromatic rings. The minimum Gasteiger partial charge on any atom is -0.342 e. The van der Waals surface area contributed by atoms with Crippen LogP contribution in [0.3, 0.4) is 0 Å². The van der Waals surface area contributed by atoms with Gasteiger partial charge in [0.25, 0.3) is 0 Å². The zero-order valence-electron chi connectivity index (χ0n) is 16.6. The van der Waals surface area contributed by atoms with Crippen molar-refractivity contribution < 1.29 is 9.59 Å². The third-order valence-corrected chi connectivity index (χ3v) is 6.80. The van der Waals surface area contributed by atoms with Gasteiger partial charge < -0.3 is 15.5 Å². The smallest absolute Gasteiger partial charge is 0.225 e. The van der Waals surface area contributed by atoms with Crippen molar-refractivity contribution in [1.82, 2.24) is 9.80 Å². The number of carbonyl (C=O) groups excluding carboxylic acids is 2. The lowest BCUT2D eigenvalue weighted by Gasteiger charge is -2.39. The summed E-state index contributed by atoms with van der Waals surface area (Å²) in [6, 6.07) is 10.4. The molecule has 3 fully saturated rings. The van der Waals surface area contributed by atoms with Gasteiger partial charge in [0.05, 0.1) is 0 Å². The highest BCUT2D eigenvalue weighted by atomic mass is 16.2. The maximum Gasteiger partial charge on any atom is 0.225 e. The van der Waals surface area contributed by atoms with Crippen LogP contribution in [0.5, 0.6) is 0 Å². The van der Waals surface area contributed by atoms with Gasteiger partial charge in [0.2, 0.25) is 11.8 Å². The number of likely N-dealkylation sites (tertiary alicyclic amines) is 2. The molecule has 5 nitrogen and oxygen atoms in total. The van der Waals surface area contributed by atoms with E-state index in [1.165, 1.54) is 0 Å². The van der Waals surface area contributed by atoms with Crippen LogP contribution in [-0.2, 0) is 9.59 Å². The van der Waals surface area contributed by atoms with Crippen LogP contribution < -0.4 is 5.73 Å². The minimum atomic E-state index is 0.0561. The average Bonchev–Trinajstić information content (AvgIpc) is 3.26. The Hall–Kier alpha value is -2.14. The van der Waals surface area contributed by atoms with Crippen LogP contribution in [0.25, 0.3) is 6.08 Å². The SMILES string of the molecule is N[C@@H]1CC[C@H](C(=O)N2CCC3(CC2)CC(=O)N(C/C=C/c2ccccc2)C3)C1. The van der Waals surface area contributed by atoms with Crippen molar-refractivity contribution in [1.29, 1.82) is 0 Å². The number of rotatable bonds is 4. The number of nitrogens with zero attached hydrogens (tertiary/aromatic N) is 2. The second-order valence-corrected chi connectivity index (χ2v) is 8.86. The van der Waals surface area contributed by atoms with E-state index >= 15 is 0 Å². The molecule has 2 heterocycles. The summed E-state index contributed by atoms with van der Waals surface area (Å²) in [5.41, 5.74) is 7.19. The fraction of sp³-hybridized carbons (Fsp3) is 0.565. The zero-order chi connectivity index (χ0) is 19.6. The molecule has 1 spiro atoms. The summed E-state index contributed by atoms with van der Waals surface area (Å²) in [5, 5.41) is 0. The second-order valence-electron chi connectivity index (χ2n) is 8.86. The topological polar surface area (TPSA) is 66.6 Å². The van der Waals surface area contributed by atoms with Crippen molar-refractivity contribution >= 4 is 17.9 Å². The Labute approximate surface area is 167 Å². The van der Waals surface area contributed by atoms with Crippen LogP contribution in [0.1, 0.15) is 44.1 Å². The lowest BCUT2D eigenvalue weighted by atomic mass is 9.77. The van der Waals surface area contributed by atoms with Gasteiger partial charge in [0.1, 0.15) is 0 Å². The van der Waals surface area contributed by atoms with Crippen LogP contribution in [0, 0.1) is 11.3 Å².